The predicted molar refractivity (Wildman–Crippen MR) is 94.6 cm³/mol. The predicted octanol–water partition coefficient (Wildman–Crippen LogP) is 1.80. The first-order valence-electron chi connectivity index (χ1n) is 8.72. The second-order valence-electron chi connectivity index (χ2n) is 6.54. The Morgan fingerprint density at radius 3 is 2.67 bits per heavy atom. The van der Waals surface area contributed by atoms with E-state index in [1.54, 1.807) is 31.3 Å². The van der Waals surface area contributed by atoms with Gasteiger partial charge in [-0.25, -0.2) is 0 Å². The molecule has 2 heterocycles. The van der Waals surface area contributed by atoms with Gasteiger partial charge in [0, 0.05) is 37.3 Å². The molecule has 0 unspecified atom stereocenters. The van der Waals surface area contributed by atoms with E-state index in [1.165, 1.54) is 25.8 Å². The SMILES string of the molecule is CNC(=O)c1ccc(/C=C/C(=O)N[C@@H]2CCN3CCCC[C@@H]23)cc1. The lowest BCUT2D eigenvalue weighted by atomic mass is 9.99. The third kappa shape index (κ3) is 3.85. The molecule has 0 spiro atoms. The van der Waals surface area contributed by atoms with E-state index in [4.69, 9.17) is 0 Å². The number of benzene rings is 1. The molecule has 2 saturated heterocycles. The molecule has 5 nitrogen and oxygen atoms in total. The maximum absolute atomic E-state index is 12.2. The second kappa shape index (κ2) is 7.62. The monoisotopic (exact) mass is 327 g/mol. The lowest BCUT2D eigenvalue weighted by molar-refractivity contribution is -0.117. The summed E-state index contributed by atoms with van der Waals surface area (Å²) in [4.78, 5) is 26.2. The number of rotatable bonds is 4. The van der Waals surface area contributed by atoms with Crippen LogP contribution in [0.3, 0.4) is 0 Å². The zero-order chi connectivity index (χ0) is 16.9. The van der Waals surface area contributed by atoms with E-state index in [9.17, 15) is 9.59 Å². The maximum Gasteiger partial charge on any atom is 0.251 e. The molecule has 1 aromatic carbocycles. The summed E-state index contributed by atoms with van der Waals surface area (Å²) in [5, 5.41) is 5.74. The van der Waals surface area contributed by atoms with E-state index in [2.05, 4.69) is 15.5 Å². The summed E-state index contributed by atoms with van der Waals surface area (Å²) in [6.07, 6.45) is 8.15. The lowest BCUT2D eigenvalue weighted by Crippen LogP contribution is -2.46. The molecule has 0 bridgehead atoms. The van der Waals surface area contributed by atoms with Gasteiger partial charge in [-0.15, -0.1) is 0 Å². The van der Waals surface area contributed by atoms with Crippen LogP contribution in [-0.2, 0) is 4.79 Å². The highest BCUT2D eigenvalue weighted by Crippen LogP contribution is 2.27. The Hall–Kier alpha value is -2.14. The van der Waals surface area contributed by atoms with Crippen LogP contribution in [0.2, 0.25) is 0 Å². The highest BCUT2D eigenvalue weighted by Gasteiger charge is 2.35. The first-order valence-corrected chi connectivity index (χ1v) is 8.72. The fourth-order valence-electron chi connectivity index (χ4n) is 3.71. The third-order valence-electron chi connectivity index (χ3n) is 5.01. The van der Waals surface area contributed by atoms with Crippen LogP contribution < -0.4 is 10.6 Å². The molecule has 2 atom stereocenters. The fraction of sp³-hybridized carbons (Fsp3) is 0.474. The van der Waals surface area contributed by atoms with Crippen molar-refractivity contribution in [2.45, 2.75) is 37.8 Å². The van der Waals surface area contributed by atoms with Gasteiger partial charge in [0.25, 0.3) is 5.91 Å². The van der Waals surface area contributed by atoms with Crippen molar-refractivity contribution in [3.63, 3.8) is 0 Å². The number of nitrogens with one attached hydrogen (secondary N) is 2. The molecule has 0 aliphatic carbocycles. The van der Waals surface area contributed by atoms with Crippen LogP contribution in [-0.4, -0.2) is 48.9 Å². The molecule has 2 aliphatic heterocycles. The van der Waals surface area contributed by atoms with Crippen LogP contribution in [0.4, 0.5) is 0 Å². The van der Waals surface area contributed by atoms with Gasteiger partial charge in [-0.3, -0.25) is 14.5 Å². The first-order chi connectivity index (χ1) is 11.7. The summed E-state index contributed by atoms with van der Waals surface area (Å²) in [5.41, 5.74) is 1.52. The zero-order valence-corrected chi connectivity index (χ0v) is 14.1. The summed E-state index contributed by atoms with van der Waals surface area (Å²) < 4.78 is 0. The van der Waals surface area contributed by atoms with Gasteiger partial charge >= 0.3 is 0 Å². The van der Waals surface area contributed by atoms with E-state index in [-0.39, 0.29) is 17.9 Å². The van der Waals surface area contributed by atoms with Gasteiger partial charge in [0.2, 0.25) is 5.91 Å². The number of nitrogens with zero attached hydrogens (tertiary/aromatic N) is 1. The van der Waals surface area contributed by atoms with Gasteiger partial charge in [0.1, 0.15) is 0 Å². The van der Waals surface area contributed by atoms with Crippen LogP contribution in [0.5, 0.6) is 0 Å². The minimum Gasteiger partial charge on any atom is -0.355 e. The van der Waals surface area contributed by atoms with Crippen molar-refractivity contribution >= 4 is 17.9 Å². The number of fused-ring (bicyclic) bond motifs is 1. The summed E-state index contributed by atoms with van der Waals surface area (Å²) in [7, 11) is 1.61. The zero-order valence-electron chi connectivity index (χ0n) is 14.1. The van der Waals surface area contributed by atoms with Gasteiger partial charge in [-0.1, -0.05) is 18.6 Å². The summed E-state index contributed by atoms with van der Waals surface area (Å²) in [6.45, 7) is 2.27. The number of amides is 2. The molecular formula is C19H25N3O2. The first kappa shape index (κ1) is 16.7. The van der Waals surface area contributed by atoms with Crippen molar-refractivity contribution in [3.05, 3.63) is 41.5 Å². The van der Waals surface area contributed by atoms with Crippen molar-refractivity contribution in [1.29, 1.82) is 0 Å². The Kier molecular flexibility index (Phi) is 5.30. The molecule has 0 aromatic heterocycles. The molecule has 0 radical (unpaired) electrons. The fourth-order valence-corrected chi connectivity index (χ4v) is 3.71. The average molecular weight is 327 g/mol. The van der Waals surface area contributed by atoms with Crippen LogP contribution in [0.25, 0.3) is 6.08 Å². The number of piperidine rings is 1. The Labute approximate surface area is 143 Å². The molecular weight excluding hydrogens is 302 g/mol. The van der Waals surface area contributed by atoms with Gasteiger partial charge in [-0.2, -0.15) is 0 Å². The van der Waals surface area contributed by atoms with Crippen molar-refractivity contribution < 1.29 is 9.59 Å². The Morgan fingerprint density at radius 1 is 1.12 bits per heavy atom. The topological polar surface area (TPSA) is 61.4 Å². The Bertz CT molecular complexity index is 624. The van der Waals surface area contributed by atoms with E-state index >= 15 is 0 Å². The van der Waals surface area contributed by atoms with E-state index < -0.39 is 0 Å². The van der Waals surface area contributed by atoms with Gasteiger partial charge in [0.05, 0.1) is 0 Å². The molecule has 1 aromatic rings. The minimum absolute atomic E-state index is 0.0391. The molecule has 5 heteroatoms. The van der Waals surface area contributed by atoms with Crippen molar-refractivity contribution in [2.24, 2.45) is 0 Å². The summed E-state index contributed by atoms with van der Waals surface area (Å²) >= 11 is 0. The smallest absolute Gasteiger partial charge is 0.251 e. The Balaban J connectivity index is 1.54. The standard InChI is InChI=1S/C19H25N3O2/c1-20-19(24)15-8-5-14(6-9-15)7-10-18(23)21-16-11-13-22-12-3-2-4-17(16)22/h5-10,16-17H,2-4,11-13H2,1H3,(H,20,24)(H,21,23)/b10-7+/t16-,17+/m1/s1. The molecule has 2 amide bonds. The molecule has 24 heavy (non-hydrogen) atoms. The maximum atomic E-state index is 12.2. The average Bonchev–Trinajstić information content (AvgIpc) is 3.03. The number of carbonyl (C=O) groups excluding carboxylic acids is 2. The highest BCUT2D eigenvalue weighted by molar-refractivity contribution is 5.94. The highest BCUT2D eigenvalue weighted by atomic mass is 16.2. The van der Waals surface area contributed by atoms with Gasteiger partial charge in [0.15, 0.2) is 0 Å². The lowest BCUT2D eigenvalue weighted by Gasteiger charge is -2.32. The third-order valence-corrected chi connectivity index (χ3v) is 5.01. The molecule has 3 rings (SSSR count). The second-order valence-corrected chi connectivity index (χ2v) is 6.54. The minimum atomic E-state index is -0.110. The molecule has 2 aliphatic rings. The molecule has 128 valence electrons. The summed E-state index contributed by atoms with van der Waals surface area (Å²) in [5.74, 6) is -0.149. The normalized spacial score (nSPS) is 23.9. The van der Waals surface area contributed by atoms with Crippen LogP contribution in [0, 0.1) is 0 Å². The van der Waals surface area contributed by atoms with E-state index in [0.717, 1.165) is 18.5 Å². The van der Waals surface area contributed by atoms with E-state index in [0.29, 0.717) is 11.6 Å². The van der Waals surface area contributed by atoms with E-state index in [1.807, 2.05) is 12.1 Å². The van der Waals surface area contributed by atoms with Crippen LogP contribution >= 0.6 is 0 Å². The molecule has 0 saturated carbocycles. The van der Waals surface area contributed by atoms with Crippen molar-refractivity contribution in [2.75, 3.05) is 20.1 Å². The Morgan fingerprint density at radius 2 is 1.92 bits per heavy atom. The number of carbonyl (C=O) groups is 2. The van der Waals surface area contributed by atoms with Crippen LogP contribution in [0.15, 0.2) is 30.3 Å². The van der Waals surface area contributed by atoms with Crippen molar-refractivity contribution in [3.8, 4) is 0 Å². The summed E-state index contributed by atoms with van der Waals surface area (Å²) in [6, 6.07) is 7.99. The number of hydrogen-bond acceptors (Lipinski definition) is 3. The largest absolute Gasteiger partial charge is 0.355 e. The number of hydrogen-bond donors (Lipinski definition) is 2. The van der Waals surface area contributed by atoms with Gasteiger partial charge in [-0.05, 0) is 49.6 Å². The molecule has 2 N–H and O–H groups in total. The van der Waals surface area contributed by atoms with Crippen molar-refractivity contribution in [1.82, 2.24) is 15.5 Å². The van der Waals surface area contributed by atoms with Gasteiger partial charge < -0.3 is 10.6 Å². The molecule has 2 fully saturated rings. The quantitative estimate of drug-likeness (QED) is 0.829. The van der Waals surface area contributed by atoms with Crippen LogP contribution in [0.1, 0.15) is 41.6 Å².